The number of rotatable bonds is 5. The van der Waals surface area contributed by atoms with Gasteiger partial charge in [-0.25, -0.2) is 9.37 Å². The van der Waals surface area contributed by atoms with Crippen LogP contribution in [0.2, 0.25) is 0 Å². The summed E-state index contributed by atoms with van der Waals surface area (Å²) in [6.07, 6.45) is 1.95. The van der Waals surface area contributed by atoms with Gasteiger partial charge in [0.15, 0.2) is 0 Å². The summed E-state index contributed by atoms with van der Waals surface area (Å²) in [5.74, 6) is 0.364. The van der Waals surface area contributed by atoms with Gasteiger partial charge in [0.1, 0.15) is 5.82 Å². The third kappa shape index (κ3) is 3.37. The van der Waals surface area contributed by atoms with Crippen molar-refractivity contribution >= 4 is 27.6 Å². The van der Waals surface area contributed by atoms with Gasteiger partial charge < -0.3 is 14.6 Å². The van der Waals surface area contributed by atoms with Crippen LogP contribution in [0, 0.1) is 12.7 Å². The molecule has 0 aliphatic heterocycles. The molecule has 1 aromatic heterocycles. The smallest absolute Gasteiger partial charge is 0.207 e. The lowest BCUT2D eigenvalue weighted by molar-refractivity contribution is 0.163. The van der Waals surface area contributed by atoms with E-state index in [1.54, 1.807) is 19.2 Å². The molecular weight excluding hydrogens is 325 g/mol. The molecule has 0 spiro atoms. The maximum Gasteiger partial charge on any atom is 0.207 e. The topological polar surface area (TPSA) is 39.1 Å². The predicted molar refractivity (Wildman–Crippen MR) is 80.9 cm³/mol. The average molecular weight is 342 g/mol. The van der Waals surface area contributed by atoms with Gasteiger partial charge in [-0.1, -0.05) is 0 Å². The number of hydrogen-bond donors (Lipinski definition) is 1. The quantitative estimate of drug-likeness (QED) is 0.891. The largest absolute Gasteiger partial charge is 0.383 e. The fourth-order valence-corrected chi connectivity index (χ4v) is 2.22. The lowest BCUT2D eigenvalue weighted by atomic mass is 10.3. The fraction of sp³-hybridized carbons (Fsp3) is 0.357. The third-order valence-corrected chi connectivity index (χ3v) is 3.55. The molecule has 0 bridgehead atoms. The molecule has 0 radical (unpaired) electrons. The molecule has 1 aromatic carbocycles. The Kier molecular flexibility index (Phi) is 4.77. The fourth-order valence-electron chi connectivity index (χ4n) is 1.97. The molecule has 0 saturated carbocycles. The second-order valence-electron chi connectivity index (χ2n) is 4.67. The Morgan fingerprint density at radius 3 is 2.90 bits per heavy atom. The number of aromatic nitrogens is 2. The van der Waals surface area contributed by atoms with E-state index in [2.05, 4.69) is 26.2 Å². The summed E-state index contributed by atoms with van der Waals surface area (Å²) in [4.78, 5) is 4.42. The molecule has 1 heterocycles. The Balaban J connectivity index is 2.26. The minimum atomic E-state index is -0.310. The van der Waals surface area contributed by atoms with E-state index in [-0.39, 0.29) is 11.9 Å². The molecule has 4 nitrogen and oxygen atoms in total. The van der Waals surface area contributed by atoms with Crippen LogP contribution in [-0.2, 0) is 4.74 Å². The first kappa shape index (κ1) is 15.0. The van der Waals surface area contributed by atoms with Crippen molar-refractivity contribution < 1.29 is 9.13 Å². The van der Waals surface area contributed by atoms with Gasteiger partial charge in [0.25, 0.3) is 0 Å². The first-order valence-electron chi connectivity index (χ1n) is 6.27. The second-order valence-corrected chi connectivity index (χ2v) is 5.53. The number of hydrogen-bond acceptors (Lipinski definition) is 3. The molecule has 2 aromatic rings. The van der Waals surface area contributed by atoms with E-state index in [4.69, 9.17) is 4.74 Å². The summed E-state index contributed by atoms with van der Waals surface area (Å²) in [5.41, 5.74) is 1.55. The summed E-state index contributed by atoms with van der Waals surface area (Å²) in [6.45, 7) is 4.54. The van der Waals surface area contributed by atoms with Crippen LogP contribution in [0.4, 0.5) is 16.0 Å². The summed E-state index contributed by atoms with van der Waals surface area (Å²) in [5, 5.41) is 3.14. The lowest BCUT2D eigenvalue weighted by Crippen LogP contribution is -2.12. The normalized spacial score (nSPS) is 12.4. The van der Waals surface area contributed by atoms with Gasteiger partial charge in [0.05, 0.1) is 22.8 Å². The molecule has 0 saturated heterocycles. The molecule has 20 heavy (non-hydrogen) atoms. The van der Waals surface area contributed by atoms with E-state index in [0.717, 1.165) is 5.69 Å². The highest BCUT2D eigenvalue weighted by molar-refractivity contribution is 9.10. The van der Waals surface area contributed by atoms with Gasteiger partial charge >= 0.3 is 0 Å². The lowest BCUT2D eigenvalue weighted by Gasteiger charge is -2.16. The minimum Gasteiger partial charge on any atom is -0.383 e. The molecule has 0 aliphatic carbocycles. The van der Waals surface area contributed by atoms with Crippen molar-refractivity contribution in [2.24, 2.45) is 0 Å². The van der Waals surface area contributed by atoms with Gasteiger partial charge in [-0.2, -0.15) is 0 Å². The summed E-state index contributed by atoms with van der Waals surface area (Å²) < 4.78 is 21.1. The van der Waals surface area contributed by atoms with Crippen molar-refractivity contribution in [1.29, 1.82) is 0 Å². The standard InChI is InChI=1S/C14H17BrFN3O/c1-9-7-19(10(2)8-20-3)14(17-9)18-11-4-5-12(15)13(16)6-11/h4-7,10H,8H2,1-3H3,(H,17,18). The number of nitrogens with one attached hydrogen (secondary N) is 1. The number of nitrogens with zero attached hydrogens (tertiary/aromatic N) is 2. The highest BCUT2D eigenvalue weighted by Crippen LogP contribution is 2.24. The SMILES string of the molecule is COCC(C)n1cc(C)nc1Nc1ccc(Br)c(F)c1. The van der Waals surface area contributed by atoms with Crippen LogP contribution in [0.5, 0.6) is 0 Å². The number of ether oxygens (including phenoxy) is 1. The van der Waals surface area contributed by atoms with Crippen LogP contribution in [0.3, 0.4) is 0 Å². The number of anilines is 2. The zero-order chi connectivity index (χ0) is 14.7. The van der Waals surface area contributed by atoms with E-state index in [1.807, 2.05) is 24.6 Å². The van der Waals surface area contributed by atoms with Crippen LogP contribution >= 0.6 is 15.9 Å². The summed E-state index contributed by atoms with van der Waals surface area (Å²) >= 11 is 3.14. The predicted octanol–water partition coefficient (Wildman–Crippen LogP) is 4.04. The van der Waals surface area contributed by atoms with Gasteiger partial charge in [-0.15, -0.1) is 0 Å². The molecule has 108 valence electrons. The highest BCUT2D eigenvalue weighted by Gasteiger charge is 2.12. The van der Waals surface area contributed by atoms with Crippen molar-refractivity contribution in [3.8, 4) is 0 Å². The second kappa shape index (κ2) is 6.37. The summed E-state index contributed by atoms with van der Waals surface area (Å²) in [7, 11) is 1.66. The number of methoxy groups -OCH3 is 1. The molecule has 1 atom stereocenters. The first-order chi connectivity index (χ1) is 9.51. The van der Waals surface area contributed by atoms with Crippen molar-refractivity contribution in [3.05, 3.63) is 40.4 Å². The molecule has 1 unspecified atom stereocenters. The molecule has 0 fully saturated rings. The van der Waals surface area contributed by atoms with Crippen LogP contribution in [-0.4, -0.2) is 23.3 Å². The molecule has 0 aliphatic rings. The van der Waals surface area contributed by atoms with E-state index in [0.29, 0.717) is 22.7 Å². The minimum absolute atomic E-state index is 0.143. The number of halogens is 2. The Bertz CT molecular complexity index is 600. The van der Waals surface area contributed by atoms with Crippen molar-refractivity contribution in [2.75, 3.05) is 19.0 Å². The third-order valence-electron chi connectivity index (χ3n) is 2.91. The Hall–Kier alpha value is -1.40. The van der Waals surface area contributed by atoms with Gasteiger partial charge in [0, 0.05) is 19.0 Å². The maximum atomic E-state index is 13.5. The average Bonchev–Trinajstić information content (AvgIpc) is 2.75. The zero-order valence-electron chi connectivity index (χ0n) is 11.7. The van der Waals surface area contributed by atoms with Crippen LogP contribution in [0.1, 0.15) is 18.7 Å². The highest BCUT2D eigenvalue weighted by atomic mass is 79.9. The Labute approximate surface area is 126 Å². The Morgan fingerprint density at radius 2 is 2.25 bits per heavy atom. The van der Waals surface area contributed by atoms with Gasteiger partial charge in [-0.05, 0) is 48.0 Å². The van der Waals surface area contributed by atoms with Crippen LogP contribution in [0.15, 0.2) is 28.9 Å². The van der Waals surface area contributed by atoms with E-state index >= 15 is 0 Å². The van der Waals surface area contributed by atoms with Crippen molar-refractivity contribution in [1.82, 2.24) is 9.55 Å². The molecular formula is C14H17BrFN3O. The number of aryl methyl sites for hydroxylation is 1. The molecule has 2 rings (SSSR count). The first-order valence-corrected chi connectivity index (χ1v) is 7.07. The van der Waals surface area contributed by atoms with Crippen LogP contribution < -0.4 is 5.32 Å². The Morgan fingerprint density at radius 1 is 1.50 bits per heavy atom. The van der Waals surface area contributed by atoms with Crippen LogP contribution in [0.25, 0.3) is 0 Å². The number of benzene rings is 1. The van der Waals surface area contributed by atoms with Gasteiger partial charge in [0.2, 0.25) is 5.95 Å². The number of imidazole rings is 1. The van der Waals surface area contributed by atoms with E-state index in [9.17, 15) is 4.39 Å². The van der Waals surface area contributed by atoms with Gasteiger partial charge in [-0.3, -0.25) is 0 Å². The zero-order valence-corrected chi connectivity index (χ0v) is 13.2. The molecule has 1 N–H and O–H groups in total. The maximum absolute atomic E-state index is 13.5. The van der Waals surface area contributed by atoms with E-state index < -0.39 is 0 Å². The van der Waals surface area contributed by atoms with Crippen molar-refractivity contribution in [3.63, 3.8) is 0 Å². The molecule has 6 heteroatoms. The molecule has 0 amide bonds. The van der Waals surface area contributed by atoms with Crippen molar-refractivity contribution in [2.45, 2.75) is 19.9 Å². The van der Waals surface area contributed by atoms with E-state index in [1.165, 1.54) is 6.07 Å². The summed E-state index contributed by atoms with van der Waals surface area (Å²) in [6, 6.07) is 5.03. The monoisotopic (exact) mass is 341 g/mol.